The van der Waals surface area contributed by atoms with Gasteiger partial charge in [0.05, 0.1) is 12.1 Å². The summed E-state index contributed by atoms with van der Waals surface area (Å²) in [7, 11) is 1.62. The maximum atomic E-state index is 12.3. The van der Waals surface area contributed by atoms with Crippen LogP contribution in [0.4, 0.5) is 0 Å². The Labute approximate surface area is 125 Å². The molecule has 0 aromatic heterocycles. The summed E-state index contributed by atoms with van der Waals surface area (Å²) >= 11 is 0. The second-order valence-corrected chi connectivity index (χ2v) is 5.73. The fraction of sp³-hybridized carbons (Fsp3) is 0.733. The van der Waals surface area contributed by atoms with Gasteiger partial charge in [-0.05, 0) is 31.8 Å². The molecule has 2 aliphatic heterocycles. The Kier molecular flexibility index (Phi) is 5.36. The van der Waals surface area contributed by atoms with E-state index in [4.69, 9.17) is 9.47 Å². The summed E-state index contributed by atoms with van der Waals surface area (Å²) in [5.74, 6) is -0.125. The highest BCUT2D eigenvalue weighted by molar-refractivity contribution is 5.87. The molecule has 2 saturated heterocycles. The monoisotopic (exact) mass is 296 g/mol. The lowest BCUT2D eigenvalue weighted by atomic mass is 9.87. The van der Waals surface area contributed by atoms with Crippen molar-refractivity contribution >= 4 is 11.8 Å². The van der Waals surface area contributed by atoms with E-state index in [-0.39, 0.29) is 17.9 Å². The zero-order valence-electron chi connectivity index (χ0n) is 12.6. The Morgan fingerprint density at radius 3 is 2.71 bits per heavy atom. The molecule has 0 aromatic carbocycles. The SMILES string of the molecule is C=CC(=O)NC1(COC)CCN(C(=O)[C@H]2CCCO2)CC1. The highest BCUT2D eigenvalue weighted by Crippen LogP contribution is 2.25. The van der Waals surface area contributed by atoms with E-state index in [0.29, 0.717) is 39.1 Å². The van der Waals surface area contributed by atoms with Crippen LogP contribution in [-0.2, 0) is 19.1 Å². The van der Waals surface area contributed by atoms with Crippen molar-refractivity contribution in [2.24, 2.45) is 0 Å². The van der Waals surface area contributed by atoms with Gasteiger partial charge in [0.25, 0.3) is 5.91 Å². The number of amides is 2. The smallest absolute Gasteiger partial charge is 0.251 e. The Balaban J connectivity index is 1.93. The van der Waals surface area contributed by atoms with Crippen LogP contribution in [0.5, 0.6) is 0 Å². The van der Waals surface area contributed by atoms with Crippen molar-refractivity contribution in [1.29, 1.82) is 0 Å². The molecule has 21 heavy (non-hydrogen) atoms. The van der Waals surface area contributed by atoms with Crippen molar-refractivity contribution in [1.82, 2.24) is 10.2 Å². The van der Waals surface area contributed by atoms with E-state index in [2.05, 4.69) is 11.9 Å². The number of rotatable bonds is 5. The summed E-state index contributed by atoms with van der Waals surface area (Å²) in [5, 5.41) is 2.96. The Hall–Kier alpha value is -1.40. The number of likely N-dealkylation sites (tertiary alicyclic amines) is 1. The summed E-state index contributed by atoms with van der Waals surface area (Å²) in [5.41, 5.74) is -0.409. The molecule has 0 saturated carbocycles. The number of nitrogens with zero attached hydrogens (tertiary/aromatic N) is 1. The first-order chi connectivity index (χ1) is 10.1. The van der Waals surface area contributed by atoms with E-state index >= 15 is 0 Å². The van der Waals surface area contributed by atoms with Gasteiger partial charge in [-0.1, -0.05) is 6.58 Å². The number of methoxy groups -OCH3 is 1. The molecule has 0 radical (unpaired) electrons. The van der Waals surface area contributed by atoms with Crippen LogP contribution in [0.15, 0.2) is 12.7 Å². The molecule has 1 atom stereocenters. The molecule has 6 heteroatoms. The number of carbonyl (C=O) groups excluding carboxylic acids is 2. The lowest BCUT2D eigenvalue weighted by Crippen LogP contribution is -2.59. The molecule has 1 N–H and O–H groups in total. The minimum atomic E-state index is -0.409. The molecule has 6 nitrogen and oxygen atoms in total. The van der Waals surface area contributed by atoms with Crippen molar-refractivity contribution in [2.45, 2.75) is 37.3 Å². The zero-order chi connectivity index (χ0) is 15.3. The third kappa shape index (κ3) is 3.83. The van der Waals surface area contributed by atoms with Gasteiger partial charge in [0.1, 0.15) is 6.10 Å². The quantitative estimate of drug-likeness (QED) is 0.749. The maximum Gasteiger partial charge on any atom is 0.251 e. The minimum Gasteiger partial charge on any atom is -0.382 e. The molecule has 118 valence electrons. The van der Waals surface area contributed by atoms with Crippen LogP contribution in [0.2, 0.25) is 0 Å². The van der Waals surface area contributed by atoms with Gasteiger partial charge in [0.15, 0.2) is 0 Å². The summed E-state index contributed by atoms with van der Waals surface area (Å²) < 4.78 is 10.7. The second-order valence-electron chi connectivity index (χ2n) is 5.73. The lowest BCUT2D eigenvalue weighted by Gasteiger charge is -2.42. The van der Waals surface area contributed by atoms with Gasteiger partial charge >= 0.3 is 0 Å². The fourth-order valence-corrected chi connectivity index (χ4v) is 3.03. The van der Waals surface area contributed by atoms with Crippen LogP contribution in [0.3, 0.4) is 0 Å². The molecule has 0 unspecified atom stereocenters. The Bertz CT molecular complexity index is 396. The minimum absolute atomic E-state index is 0.0774. The molecule has 2 aliphatic rings. The average Bonchev–Trinajstić information content (AvgIpc) is 3.01. The average molecular weight is 296 g/mol. The van der Waals surface area contributed by atoms with E-state index in [9.17, 15) is 9.59 Å². The van der Waals surface area contributed by atoms with E-state index < -0.39 is 5.54 Å². The van der Waals surface area contributed by atoms with Crippen LogP contribution in [0, 0.1) is 0 Å². The van der Waals surface area contributed by atoms with Crippen molar-refractivity contribution in [3.05, 3.63) is 12.7 Å². The van der Waals surface area contributed by atoms with Gasteiger partial charge in [-0.2, -0.15) is 0 Å². The molecule has 0 spiro atoms. The van der Waals surface area contributed by atoms with Gasteiger partial charge in [-0.15, -0.1) is 0 Å². The van der Waals surface area contributed by atoms with Crippen LogP contribution < -0.4 is 5.32 Å². The molecule has 2 amide bonds. The summed E-state index contributed by atoms with van der Waals surface area (Å²) in [6.07, 6.45) is 4.11. The summed E-state index contributed by atoms with van der Waals surface area (Å²) in [6.45, 7) is 5.81. The normalized spacial score (nSPS) is 24.6. The largest absolute Gasteiger partial charge is 0.382 e. The number of hydrogen-bond acceptors (Lipinski definition) is 4. The molecule has 2 rings (SSSR count). The summed E-state index contributed by atoms with van der Waals surface area (Å²) in [4.78, 5) is 25.8. The second kappa shape index (κ2) is 7.04. The van der Waals surface area contributed by atoms with Crippen molar-refractivity contribution in [3.8, 4) is 0 Å². The Morgan fingerprint density at radius 2 is 2.19 bits per heavy atom. The van der Waals surface area contributed by atoms with Gasteiger partial charge in [0.2, 0.25) is 5.91 Å². The number of carbonyl (C=O) groups is 2. The molecule has 0 aliphatic carbocycles. The number of hydrogen-bond donors (Lipinski definition) is 1. The first-order valence-electron chi connectivity index (χ1n) is 7.44. The highest BCUT2D eigenvalue weighted by atomic mass is 16.5. The molecule has 2 fully saturated rings. The number of ether oxygens (including phenoxy) is 2. The topological polar surface area (TPSA) is 67.9 Å². The lowest BCUT2D eigenvalue weighted by molar-refractivity contribution is -0.143. The third-order valence-corrected chi connectivity index (χ3v) is 4.23. The van der Waals surface area contributed by atoms with Crippen LogP contribution >= 0.6 is 0 Å². The zero-order valence-corrected chi connectivity index (χ0v) is 12.6. The summed E-state index contributed by atoms with van der Waals surface area (Å²) in [6, 6.07) is 0. The van der Waals surface area contributed by atoms with Gasteiger partial charge in [0, 0.05) is 26.8 Å². The first-order valence-corrected chi connectivity index (χ1v) is 7.44. The molecule has 0 bridgehead atoms. The predicted molar refractivity (Wildman–Crippen MR) is 77.7 cm³/mol. The molecular formula is C15H24N2O4. The van der Waals surface area contributed by atoms with Crippen molar-refractivity contribution in [3.63, 3.8) is 0 Å². The maximum absolute atomic E-state index is 12.3. The van der Waals surface area contributed by atoms with Gasteiger partial charge in [-0.3, -0.25) is 9.59 Å². The van der Waals surface area contributed by atoms with E-state index in [1.165, 1.54) is 6.08 Å². The van der Waals surface area contributed by atoms with Crippen LogP contribution in [0.25, 0.3) is 0 Å². The number of piperidine rings is 1. The van der Waals surface area contributed by atoms with E-state index in [1.54, 1.807) is 7.11 Å². The molecule has 0 aromatic rings. The van der Waals surface area contributed by atoms with Crippen LogP contribution in [-0.4, -0.2) is 61.8 Å². The fourth-order valence-electron chi connectivity index (χ4n) is 3.03. The standard InChI is InChI=1S/C15H24N2O4/c1-3-13(18)16-15(11-20-2)6-8-17(9-7-15)14(19)12-5-4-10-21-12/h3,12H,1,4-11H2,2H3,(H,16,18)/t12-/m1/s1. The highest BCUT2D eigenvalue weighted by Gasteiger charge is 2.38. The first kappa shape index (κ1) is 16.0. The third-order valence-electron chi connectivity index (χ3n) is 4.23. The molecule has 2 heterocycles. The predicted octanol–water partition coefficient (Wildman–Crippen LogP) is 0.475. The van der Waals surface area contributed by atoms with Crippen molar-refractivity contribution in [2.75, 3.05) is 33.4 Å². The number of nitrogens with one attached hydrogen (secondary N) is 1. The Morgan fingerprint density at radius 1 is 1.48 bits per heavy atom. The molecular weight excluding hydrogens is 272 g/mol. The van der Waals surface area contributed by atoms with Gasteiger partial charge < -0.3 is 19.7 Å². The van der Waals surface area contributed by atoms with Gasteiger partial charge in [-0.25, -0.2) is 0 Å². The van der Waals surface area contributed by atoms with Crippen LogP contribution in [0.1, 0.15) is 25.7 Å². The van der Waals surface area contributed by atoms with E-state index in [0.717, 1.165) is 12.8 Å². The van der Waals surface area contributed by atoms with Crippen molar-refractivity contribution < 1.29 is 19.1 Å². The van der Waals surface area contributed by atoms with E-state index in [1.807, 2.05) is 4.90 Å².